The quantitative estimate of drug-likeness (QED) is 0.750. The lowest BCUT2D eigenvalue weighted by Gasteiger charge is -2.21. The van der Waals surface area contributed by atoms with E-state index in [-0.39, 0.29) is 12.6 Å². The summed E-state index contributed by atoms with van der Waals surface area (Å²) in [6.07, 6.45) is 7.64. The number of amides is 2. The number of carboxylic acid groups (broad SMARTS) is 1. The van der Waals surface area contributed by atoms with Gasteiger partial charge in [-0.2, -0.15) is 0 Å². The third-order valence-electron chi connectivity index (χ3n) is 4.09. The van der Waals surface area contributed by atoms with E-state index in [1.54, 1.807) is 4.90 Å². The van der Waals surface area contributed by atoms with Gasteiger partial charge in [-0.1, -0.05) is 11.6 Å². The van der Waals surface area contributed by atoms with E-state index < -0.39 is 5.97 Å². The molecule has 1 fully saturated rings. The number of aliphatic carboxylic acids is 1. The summed E-state index contributed by atoms with van der Waals surface area (Å²) in [7, 11) is 0. The zero-order valence-corrected chi connectivity index (χ0v) is 12.5. The number of allylic oxidation sites excluding steroid dienone is 1. The van der Waals surface area contributed by atoms with Gasteiger partial charge in [0.15, 0.2) is 0 Å². The molecular weight excluding hydrogens is 270 g/mol. The van der Waals surface area contributed by atoms with E-state index in [0.717, 1.165) is 19.4 Å². The van der Waals surface area contributed by atoms with Crippen LogP contribution in [0.15, 0.2) is 11.6 Å². The Kier molecular flexibility index (Phi) is 6.04. The van der Waals surface area contributed by atoms with E-state index in [2.05, 4.69) is 11.4 Å². The summed E-state index contributed by atoms with van der Waals surface area (Å²) in [5.74, 6) is -0.808. The van der Waals surface area contributed by atoms with E-state index in [4.69, 9.17) is 5.11 Å². The van der Waals surface area contributed by atoms with Crippen molar-refractivity contribution in [3.63, 3.8) is 0 Å². The first-order valence-electron chi connectivity index (χ1n) is 7.80. The van der Waals surface area contributed by atoms with Crippen molar-refractivity contribution >= 4 is 12.0 Å². The number of rotatable bonds is 5. The summed E-state index contributed by atoms with van der Waals surface area (Å²) in [5, 5.41) is 11.8. The Morgan fingerprint density at radius 2 is 2.05 bits per heavy atom. The maximum absolute atomic E-state index is 12.1. The van der Waals surface area contributed by atoms with Crippen LogP contribution in [0, 0.1) is 0 Å². The molecule has 0 spiro atoms. The molecule has 0 aromatic rings. The molecule has 2 aliphatic rings. The van der Waals surface area contributed by atoms with Gasteiger partial charge in [-0.05, 0) is 32.1 Å². The van der Waals surface area contributed by atoms with Gasteiger partial charge in [0.2, 0.25) is 0 Å². The highest BCUT2D eigenvalue weighted by atomic mass is 16.4. The van der Waals surface area contributed by atoms with Crippen molar-refractivity contribution in [2.45, 2.75) is 32.1 Å². The van der Waals surface area contributed by atoms with Gasteiger partial charge in [-0.15, -0.1) is 0 Å². The largest absolute Gasteiger partial charge is 0.480 e. The molecule has 0 radical (unpaired) electrons. The Morgan fingerprint density at radius 1 is 1.19 bits per heavy atom. The predicted molar refractivity (Wildman–Crippen MR) is 80.2 cm³/mol. The van der Waals surface area contributed by atoms with Gasteiger partial charge in [0.1, 0.15) is 0 Å². The van der Waals surface area contributed by atoms with Crippen molar-refractivity contribution in [1.82, 2.24) is 15.1 Å². The van der Waals surface area contributed by atoms with Crippen molar-refractivity contribution < 1.29 is 14.7 Å². The molecule has 2 amide bonds. The van der Waals surface area contributed by atoms with Crippen molar-refractivity contribution in [1.29, 1.82) is 0 Å². The van der Waals surface area contributed by atoms with E-state index >= 15 is 0 Å². The van der Waals surface area contributed by atoms with Crippen molar-refractivity contribution in [3.8, 4) is 0 Å². The third kappa shape index (κ3) is 5.38. The minimum absolute atomic E-state index is 0.0224. The van der Waals surface area contributed by atoms with Crippen molar-refractivity contribution in [2.24, 2.45) is 0 Å². The Balaban J connectivity index is 1.68. The van der Waals surface area contributed by atoms with Crippen LogP contribution in [0.3, 0.4) is 0 Å². The second kappa shape index (κ2) is 8.02. The molecule has 118 valence electrons. The van der Waals surface area contributed by atoms with Crippen LogP contribution in [0.5, 0.6) is 0 Å². The minimum atomic E-state index is -0.808. The summed E-state index contributed by atoms with van der Waals surface area (Å²) >= 11 is 0. The number of carboxylic acids is 1. The predicted octanol–water partition coefficient (Wildman–Crippen LogP) is 1.29. The fourth-order valence-electron chi connectivity index (χ4n) is 2.93. The lowest BCUT2D eigenvalue weighted by molar-refractivity contribution is -0.138. The minimum Gasteiger partial charge on any atom is -0.480 e. The van der Waals surface area contributed by atoms with Crippen LogP contribution < -0.4 is 5.32 Å². The summed E-state index contributed by atoms with van der Waals surface area (Å²) < 4.78 is 0. The van der Waals surface area contributed by atoms with Gasteiger partial charge in [0, 0.05) is 32.7 Å². The molecule has 0 aromatic carbocycles. The number of hydrogen-bond donors (Lipinski definition) is 2. The van der Waals surface area contributed by atoms with Gasteiger partial charge >= 0.3 is 12.0 Å². The van der Waals surface area contributed by atoms with E-state index in [1.165, 1.54) is 24.8 Å². The van der Waals surface area contributed by atoms with Crippen LogP contribution >= 0.6 is 0 Å². The van der Waals surface area contributed by atoms with Crippen LogP contribution in [-0.4, -0.2) is 66.2 Å². The SMILES string of the molecule is O=C(O)CN1CCCN(C(=O)NCCC2=CCCC2)CC1. The number of nitrogens with one attached hydrogen (secondary N) is 1. The molecule has 2 rings (SSSR count). The summed E-state index contributed by atoms with van der Waals surface area (Å²) in [4.78, 5) is 26.5. The molecule has 0 bridgehead atoms. The van der Waals surface area contributed by atoms with Gasteiger partial charge in [0.05, 0.1) is 6.54 Å². The smallest absolute Gasteiger partial charge is 0.317 e. The maximum atomic E-state index is 12.1. The topological polar surface area (TPSA) is 72.9 Å². The molecule has 0 atom stereocenters. The number of hydrogen-bond acceptors (Lipinski definition) is 3. The van der Waals surface area contributed by atoms with Crippen molar-refractivity contribution in [3.05, 3.63) is 11.6 Å². The van der Waals surface area contributed by atoms with Gasteiger partial charge in [0.25, 0.3) is 0 Å². The first kappa shape index (κ1) is 15.8. The van der Waals surface area contributed by atoms with Gasteiger partial charge < -0.3 is 15.3 Å². The van der Waals surface area contributed by atoms with E-state index in [9.17, 15) is 9.59 Å². The summed E-state index contributed by atoms with van der Waals surface area (Å²) in [6.45, 7) is 3.42. The maximum Gasteiger partial charge on any atom is 0.317 e. The molecule has 0 aromatic heterocycles. The standard InChI is InChI=1S/C15H25N3O3/c19-14(20)12-17-8-3-9-18(11-10-17)15(21)16-7-6-13-4-1-2-5-13/h4H,1-3,5-12H2,(H,16,21)(H,19,20). The lowest BCUT2D eigenvalue weighted by Crippen LogP contribution is -2.42. The highest BCUT2D eigenvalue weighted by Gasteiger charge is 2.20. The number of urea groups is 1. The molecule has 1 aliphatic heterocycles. The highest BCUT2D eigenvalue weighted by molar-refractivity contribution is 5.74. The second-order valence-corrected chi connectivity index (χ2v) is 5.75. The molecule has 6 heteroatoms. The average molecular weight is 295 g/mol. The van der Waals surface area contributed by atoms with Crippen LogP contribution in [0.25, 0.3) is 0 Å². The lowest BCUT2D eigenvalue weighted by atomic mass is 10.2. The normalized spacial score (nSPS) is 20.0. The summed E-state index contributed by atoms with van der Waals surface area (Å²) in [6, 6.07) is -0.0224. The Bertz CT molecular complexity index is 409. The van der Waals surface area contributed by atoms with Crippen molar-refractivity contribution in [2.75, 3.05) is 39.3 Å². The first-order chi connectivity index (χ1) is 10.1. The molecule has 21 heavy (non-hydrogen) atoms. The number of nitrogens with zero attached hydrogens (tertiary/aromatic N) is 2. The van der Waals surface area contributed by atoms with Crippen LogP contribution in [0.4, 0.5) is 4.79 Å². The molecule has 1 aliphatic carbocycles. The third-order valence-corrected chi connectivity index (χ3v) is 4.09. The molecule has 1 heterocycles. The Hall–Kier alpha value is -1.56. The average Bonchev–Trinajstić information content (AvgIpc) is 2.84. The second-order valence-electron chi connectivity index (χ2n) is 5.75. The molecule has 2 N–H and O–H groups in total. The van der Waals surface area contributed by atoms with E-state index in [1.807, 2.05) is 4.90 Å². The molecule has 0 unspecified atom stereocenters. The molecular formula is C15H25N3O3. The fourth-order valence-corrected chi connectivity index (χ4v) is 2.93. The monoisotopic (exact) mass is 295 g/mol. The molecule has 0 saturated carbocycles. The molecule has 1 saturated heterocycles. The molecule has 6 nitrogen and oxygen atoms in total. The van der Waals surface area contributed by atoms with Crippen LogP contribution in [0.1, 0.15) is 32.1 Å². The zero-order valence-electron chi connectivity index (χ0n) is 12.5. The highest BCUT2D eigenvalue weighted by Crippen LogP contribution is 2.19. The fraction of sp³-hybridized carbons (Fsp3) is 0.733. The van der Waals surface area contributed by atoms with Crippen LogP contribution in [-0.2, 0) is 4.79 Å². The number of carbonyl (C=O) groups is 2. The van der Waals surface area contributed by atoms with Gasteiger partial charge in [-0.3, -0.25) is 9.69 Å². The van der Waals surface area contributed by atoms with Gasteiger partial charge in [-0.25, -0.2) is 4.79 Å². The van der Waals surface area contributed by atoms with E-state index in [0.29, 0.717) is 26.2 Å². The summed E-state index contributed by atoms with van der Waals surface area (Å²) in [5.41, 5.74) is 1.46. The van der Waals surface area contributed by atoms with Crippen LogP contribution in [0.2, 0.25) is 0 Å². The number of carbonyl (C=O) groups excluding carboxylic acids is 1. The Labute approximate surface area is 125 Å². The Morgan fingerprint density at radius 3 is 2.76 bits per heavy atom. The zero-order chi connectivity index (χ0) is 15.1. The first-order valence-corrected chi connectivity index (χ1v) is 7.80.